The molecule has 0 aliphatic carbocycles. The van der Waals surface area contributed by atoms with Gasteiger partial charge in [0, 0.05) is 6.04 Å². The van der Waals surface area contributed by atoms with E-state index in [2.05, 4.69) is 13.8 Å². The summed E-state index contributed by atoms with van der Waals surface area (Å²) < 4.78 is 4.85. The molecule has 0 radical (unpaired) electrons. The summed E-state index contributed by atoms with van der Waals surface area (Å²) in [6.07, 6.45) is 0.910. The number of esters is 1. The minimum Gasteiger partial charge on any atom is -0.465 e. The molecule has 90 valence electrons. The summed E-state index contributed by atoms with van der Waals surface area (Å²) in [7, 11) is 1.91. The fourth-order valence-corrected chi connectivity index (χ4v) is 1.21. The molecule has 0 spiro atoms. The van der Waals surface area contributed by atoms with Gasteiger partial charge in [-0.3, -0.25) is 9.69 Å². The standard InChI is InChI=1S/C11H24N2O2/c1-5-15-11(14)8-13(4)7-6-10(12)9(2)3/h9-10H,5-8,12H2,1-4H3. The van der Waals surface area contributed by atoms with Crippen molar-refractivity contribution in [1.82, 2.24) is 4.90 Å². The second-order valence-electron chi connectivity index (χ2n) is 4.24. The molecule has 0 fully saturated rings. The van der Waals surface area contributed by atoms with Crippen molar-refractivity contribution in [1.29, 1.82) is 0 Å². The molecule has 0 saturated carbocycles. The maximum absolute atomic E-state index is 11.1. The van der Waals surface area contributed by atoms with E-state index in [1.54, 1.807) is 0 Å². The van der Waals surface area contributed by atoms with E-state index in [9.17, 15) is 4.79 Å². The molecule has 0 aliphatic heterocycles. The van der Waals surface area contributed by atoms with Crippen LogP contribution in [-0.4, -0.2) is 43.7 Å². The van der Waals surface area contributed by atoms with Crippen LogP contribution in [0, 0.1) is 5.92 Å². The van der Waals surface area contributed by atoms with E-state index in [4.69, 9.17) is 10.5 Å². The highest BCUT2D eigenvalue weighted by Gasteiger charge is 2.11. The molecular formula is C11H24N2O2. The van der Waals surface area contributed by atoms with Crippen molar-refractivity contribution in [3.63, 3.8) is 0 Å². The molecule has 0 aromatic carbocycles. The number of likely N-dealkylation sites (N-methyl/N-ethyl adjacent to an activating group) is 1. The highest BCUT2D eigenvalue weighted by Crippen LogP contribution is 2.03. The Morgan fingerprint density at radius 3 is 2.53 bits per heavy atom. The molecule has 1 unspecified atom stereocenters. The maximum Gasteiger partial charge on any atom is 0.320 e. The predicted molar refractivity (Wildman–Crippen MR) is 61.6 cm³/mol. The molecule has 0 aromatic rings. The van der Waals surface area contributed by atoms with E-state index < -0.39 is 0 Å². The smallest absolute Gasteiger partial charge is 0.320 e. The van der Waals surface area contributed by atoms with Gasteiger partial charge in [0.05, 0.1) is 13.2 Å². The van der Waals surface area contributed by atoms with Crippen LogP contribution in [0.25, 0.3) is 0 Å². The van der Waals surface area contributed by atoms with Gasteiger partial charge in [0.25, 0.3) is 0 Å². The Hall–Kier alpha value is -0.610. The lowest BCUT2D eigenvalue weighted by Gasteiger charge is -2.20. The molecule has 0 bridgehead atoms. The van der Waals surface area contributed by atoms with E-state index in [-0.39, 0.29) is 12.0 Å². The second-order valence-corrected chi connectivity index (χ2v) is 4.24. The molecule has 2 N–H and O–H groups in total. The molecule has 0 saturated heterocycles. The Bertz CT molecular complexity index is 183. The third-order valence-corrected chi connectivity index (χ3v) is 2.40. The van der Waals surface area contributed by atoms with E-state index in [0.717, 1.165) is 13.0 Å². The molecule has 4 heteroatoms. The van der Waals surface area contributed by atoms with E-state index >= 15 is 0 Å². The van der Waals surface area contributed by atoms with Crippen molar-refractivity contribution in [2.75, 3.05) is 26.7 Å². The average Bonchev–Trinajstić information content (AvgIpc) is 2.14. The van der Waals surface area contributed by atoms with Gasteiger partial charge in [0.2, 0.25) is 0 Å². The third-order valence-electron chi connectivity index (χ3n) is 2.40. The highest BCUT2D eigenvalue weighted by molar-refractivity contribution is 5.71. The Labute approximate surface area is 92.8 Å². The highest BCUT2D eigenvalue weighted by atomic mass is 16.5. The van der Waals surface area contributed by atoms with Crippen LogP contribution in [-0.2, 0) is 9.53 Å². The van der Waals surface area contributed by atoms with Crippen LogP contribution in [0.3, 0.4) is 0 Å². The van der Waals surface area contributed by atoms with Crippen molar-refractivity contribution in [3.8, 4) is 0 Å². The number of rotatable bonds is 7. The number of hydrogen-bond donors (Lipinski definition) is 1. The van der Waals surface area contributed by atoms with Gasteiger partial charge >= 0.3 is 5.97 Å². The van der Waals surface area contributed by atoms with Crippen molar-refractivity contribution in [3.05, 3.63) is 0 Å². The van der Waals surface area contributed by atoms with E-state index in [0.29, 0.717) is 19.1 Å². The number of carbonyl (C=O) groups is 1. The largest absolute Gasteiger partial charge is 0.465 e. The number of ether oxygens (including phenoxy) is 1. The van der Waals surface area contributed by atoms with Crippen LogP contribution in [0.4, 0.5) is 0 Å². The van der Waals surface area contributed by atoms with Gasteiger partial charge in [0.1, 0.15) is 0 Å². The fraction of sp³-hybridized carbons (Fsp3) is 0.909. The average molecular weight is 216 g/mol. The number of hydrogen-bond acceptors (Lipinski definition) is 4. The van der Waals surface area contributed by atoms with Crippen molar-refractivity contribution in [2.45, 2.75) is 33.2 Å². The Kier molecular flexibility index (Phi) is 7.34. The monoisotopic (exact) mass is 216 g/mol. The zero-order valence-corrected chi connectivity index (χ0v) is 10.3. The molecule has 0 rings (SSSR count). The number of nitrogens with two attached hydrogens (primary N) is 1. The summed E-state index contributed by atoms with van der Waals surface area (Å²) in [6.45, 7) is 7.65. The lowest BCUT2D eigenvalue weighted by atomic mass is 10.0. The van der Waals surface area contributed by atoms with Crippen LogP contribution < -0.4 is 5.73 Å². The molecule has 0 amide bonds. The van der Waals surface area contributed by atoms with Crippen molar-refractivity contribution in [2.24, 2.45) is 11.7 Å². The quantitative estimate of drug-likeness (QED) is 0.641. The Morgan fingerprint density at radius 1 is 1.47 bits per heavy atom. The zero-order valence-electron chi connectivity index (χ0n) is 10.3. The first-order valence-corrected chi connectivity index (χ1v) is 5.57. The van der Waals surface area contributed by atoms with E-state index in [1.807, 2.05) is 18.9 Å². The Morgan fingerprint density at radius 2 is 2.07 bits per heavy atom. The fourth-order valence-electron chi connectivity index (χ4n) is 1.21. The van der Waals surface area contributed by atoms with Crippen LogP contribution in [0.2, 0.25) is 0 Å². The predicted octanol–water partition coefficient (Wildman–Crippen LogP) is 0.855. The summed E-state index contributed by atoms with van der Waals surface area (Å²) in [6, 6.07) is 0.203. The molecule has 0 aliphatic rings. The lowest BCUT2D eigenvalue weighted by molar-refractivity contribution is -0.144. The van der Waals surface area contributed by atoms with Crippen LogP contribution >= 0.6 is 0 Å². The maximum atomic E-state index is 11.1. The molecule has 4 nitrogen and oxygen atoms in total. The van der Waals surface area contributed by atoms with Crippen molar-refractivity contribution >= 4 is 5.97 Å². The lowest BCUT2D eigenvalue weighted by Crippen LogP contribution is -2.34. The summed E-state index contributed by atoms with van der Waals surface area (Å²) in [4.78, 5) is 13.1. The Balaban J connectivity index is 3.65. The second kappa shape index (κ2) is 7.65. The molecule has 1 atom stereocenters. The van der Waals surface area contributed by atoms with Gasteiger partial charge in [-0.05, 0) is 32.9 Å². The summed E-state index contributed by atoms with van der Waals surface area (Å²) >= 11 is 0. The number of carbonyl (C=O) groups excluding carboxylic acids is 1. The van der Waals surface area contributed by atoms with Crippen LogP contribution in [0.15, 0.2) is 0 Å². The molecular weight excluding hydrogens is 192 g/mol. The zero-order chi connectivity index (χ0) is 11.8. The van der Waals surface area contributed by atoms with Gasteiger partial charge in [-0.2, -0.15) is 0 Å². The molecule has 0 heterocycles. The molecule has 15 heavy (non-hydrogen) atoms. The summed E-state index contributed by atoms with van der Waals surface area (Å²) in [5.41, 5.74) is 5.91. The van der Waals surface area contributed by atoms with Crippen LogP contribution in [0.5, 0.6) is 0 Å². The molecule has 0 aromatic heterocycles. The van der Waals surface area contributed by atoms with Gasteiger partial charge in [-0.15, -0.1) is 0 Å². The minimum absolute atomic E-state index is 0.168. The summed E-state index contributed by atoms with van der Waals surface area (Å²) in [5, 5.41) is 0. The van der Waals surface area contributed by atoms with Crippen molar-refractivity contribution < 1.29 is 9.53 Å². The normalized spacial score (nSPS) is 13.3. The first-order chi connectivity index (χ1) is 6.97. The number of nitrogens with zero attached hydrogens (tertiary/aromatic N) is 1. The van der Waals surface area contributed by atoms with Gasteiger partial charge in [0.15, 0.2) is 0 Å². The SMILES string of the molecule is CCOC(=O)CN(C)CCC(N)C(C)C. The van der Waals surface area contributed by atoms with Gasteiger partial charge in [-0.1, -0.05) is 13.8 Å². The minimum atomic E-state index is -0.168. The topological polar surface area (TPSA) is 55.6 Å². The first kappa shape index (κ1) is 14.4. The summed E-state index contributed by atoms with van der Waals surface area (Å²) in [5.74, 6) is 0.319. The van der Waals surface area contributed by atoms with Crippen LogP contribution in [0.1, 0.15) is 27.2 Å². The first-order valence-electron chi connectivity index (χ1n) is 5.57. The van der Waals surface area contributed by atoms with Gasteiger partial charge in [-0.25, -0.2) is 0 Å². The van der Waals surface area contributed by atoms with E-state index in [1.165, 1.54) is 0 Å². The third kappa shape index (κ3) is 7.33. The van der Waals surface area contributed by atoms with Gasteiger partial charge < -0.3 is 10.5 Å².